The molecule has 2 aliphatic rings. The highest BCUT2D eigenvalue weighted by Gasteiger charge is 2.63. The number of nitrogens with zero attached hydrogens (tertiary/aromatic N) is 1. The minimum absolute atomic E-state index is 0.271. The van der Waals surface area contributed by atoms with Gasteiger partial charge in [0.05, 0.1) is 18.9 Å². The van der Waals surface area contributed by atoms with Gasteiger partial charge in [-0.1, -0.05) is 0 Å². The molecule has 1 amide bonds. The Balaban J connectivity index is 2.15. The Labute approximate surface area is 111 Å². The van der Waals surface area contributed by atoms with E-state index in [1.54, 1.807) is 0 Å². The first-order valence-electron chi connectivity index (χ1n) is 5.85. The molecular formula is C11H12F3NO5. The molecule has 0 aromatic carbocycles. The zero-order valence-electron chi connectivity index (χ0n) is 10.4. The first kappa shape index (κ1) is 14.6. The summed E-state index contributed by atoms with van der Waals surface area (Å²) in [5.41, 5.74) is 0. The Kier molecular flexibility index (Phi) is 3.39. The topological polar surface area (TPSA) is 83.9 Å². The first-order chi connectivity index (χ1) is 9.18. The van der Waals surface area contributed by atoms with E-state index in [9.17, 15) is 27.6 Å². The molecule has 1 heterocycles. The summed E-state index contributed by atoms with van der Waals surface area (Å²) in [6.07, 6.45) is -5.00. The standard InChI is InChI=1S/C11H12F3NO5/c1-20-9(18)7-5-3-15(10(19)11(12,13)14)2-4(5)6(7)8(16)17/h4-7H,2-3H2,1H3,(H,16,17)/t4-,5+,6+,7-/m0/s1. The molecule has 1 saturated carbocycles. The summed E-state index contributed by atoms with van der Waals surface area (Å²) in [4.78, 5) is 34.3. The van der Waals surface area contributed by atoms with Crippen molar-refractivity contribution in [3.05, 3.63) is 0 Å². The van der Waals surface area contributed by atoms with Crippen molar-refractivity contribution >= 4 is 17.8 Å². The number of hydrogen-bond acceptors (Lipinski definition) is 4. The molecule has 9 heteroatoms. The number of likely N-dealkylation sites (tertiary alicyclic amines) is 1. The van der Waals surface area contributed by atoms with Gasteiger partial charge in [0.2, 0.25) is 0 Å². The van der Waals surface area contributed by atoms with Gasteiger partial charge in [-0.05, 0) is 11.8 Å². The van der Waals surface area contributed by atoms with Gasteiger partial charge < -0.3 is 14.7 Å². The maximum Gasteiger partial charge on any atom is 0.471 e. The molecule has 2 rings (SSSR count). The van der Waals surface area contributed by atoms with Crippen LogP contribution in [0.2, 0.25) is 0 Å². The fraction of sp³-hybridized carbons (Fsp3) is 0.727. The van der Waals surface area contributed by atoms with Crippen LogP contribution in [0.1, 0.15) is 0 Å². The maximum atomic E-state index is 12.4. The molecule has 1 aliphatic heterocycles. The molecule has 2 fully saturated rings. The molecule has 6 nitrogen and oxygen atoms in total. The van der Waals surface area contributed by atoms with Crippen molar-refractivity contribution in [2.24, 2.45) is 23.7 Å². The van der Waals surface area contributed by atoms with Crippen LogP contribution in [-0.2, 0) is 19.1 Å². The van der Waals surface area contributed by atoms with Gasteiger partial charge >= 0.3 is 24.0 Å². The predicted molar refractivity (Wildman–Crippen MR) is 56.2 cm³/mol. The zero-order chi connectivity index (χ0) is 15.2. The first-order valence-corrected chi connectivity index (χ1v) is 5.85. The fourth-order valence-electron chi connectivity index (χ4n) is 3.14. The van der Waals surface area contributed by atoms with Crippen LogP contribution in [0.15, 0.2) is 0 Å². The number of carboxylic acid groups (broad SMARTS) is 1. The number of fused-ring (bicyclic) bond motifs is 1. The van der Waals surface area contributed by atoms with Crippen molar-refractivity contribution in [2.45, 2.75) is 6.18 Å². The predicted octanol–water partition coefficient (Wildman–Crippen LogP) is 0.127. The smallest absolute Gasteiger partial charge is 0.471 e. The number of methoxy groups -OCH3 is 1. The maximum absolute atomic E-state index is 12.4. The molecule has 1 saturated heterocycles. The number of ether oxygens (including phenoxy) is 1. The van der Waals surface area contributed by atoms with Crippen LogP contribution in [0, 0.1) is 23.7 Å². The van der Waals surface area contributed by atoms with Gasteiger partial charge in [-0.2, -0.15) is 13.2 Å². The van der Waals surface area contributed by atoms with Crippen LogP contribution in [0.25, 0.3) is 0 Å². The van der Waals surface area contributed by atoms with Gasteiger partial charge in [0.15, 0.2) is 0 Å². The molecule has 0 bridgehead atoms. The summed E-state index contributed by atoms with van der Waals surface area (Å²) >= 11 is 0. The van der Waals surface area contributed by atoms with E-state index in [0.29, 0.717) is 4.90 Å². The third-order valence-corrected chi connectivity index (χ3v) is 4.01. The number of hydrogen-bond donors (Lipinski definition) is 1. The van der Waals surface area contributed by atoms with E-state index < -0.39 is 47.7 Å². The average molecular weight is 295 g/mol. The van der Waals surface area contributed by atoms with E-state index in [1.165, 1.54) is 0 Å². The SMILES string of the molecule is COC(=O)[C@H]1[C@@H]2CN(C(=O)C(F)(F)F)C[C@@H]2[C@H]1C(=O)O. The Bertz CT molecular complexity index is 463. The molecule has 0 radical (unpaired) electrons. The van der Waals surface area contributed by atoms with Crippen molar-refractivity contribution in [1.29, 1.82) is 0 Å². The largest absolute Gasteiger partial charge is 0.481 e. The molecule has 0 unspecified atom stereocenters. The van der Waals surface area contributed by atoms with E-state index in [1.807, 2.05) is 0 Å². The van der Waals surface area contributed by atoms with Crippen LogP contribution in [0.4, 0.5) is 13.2 Å². The highest BCUT2D eigenvalue weighted by atomic mass is 19.4. The summed E-state index contributed by atoms with van der Waals surface area (Å²) in [6.45, 7) is -0.569. The summed E-state index contributed by atoms with van der Waals surface area (Å²) in [6, 6.07) is 0. The van der Waals surface area contributed by atoms with Crippen molar-refractivity contribution in [3.8, 4) is 0 Å². The van der Waals surface area contributed by atoms with E-state index >= 15 is 0 Å². The molecule has 0 spiro atoms. The summed E-state index contributed by atoms with van der Waals surface area (Å²) in [5.74, 6) is -7.34. The van der Waals surface area contributed by atoms with E-state index in [-0.39, 0.29) is 13.1 Å². The van der Waals surface area contributed by atoms with Crippen LogP contribution < -0.4 is 0 Å². The van der Waals surface area contributed by atoms with E-state index in [4.69, 9.17) is 5.11 Å². The van der Waals surface area contributed by atoms with E-state index in [0.717, 1.165) is 7.11 Å². The van der Waals surface area contributed by atoms with Gasteiger partial charge in [-0.15, -0.1) is 0 Å². The third kappa shape index (κ3) is 2.10. The summed E-state index contributed by atoms with van der Waals surface area (Å²) in [5, 5.41) is 9.05. The lowest BCUT2D eigenvalue weighted by Gasteiger charge is -2.43. The molecule has 112 valence electrons. The van der Waals surface area contributed by atoms with Crippen LogP contribution in [0.5, 0.6) is 0 Å². The average Bonchev–Trinajstić information content (AvgIpc) is 2.66. The Morgan fingerprint density at radius 1 is 1.15 bits per heavy atom. The van der Waals surface area contributed by atoms with Gasteiger partial charge in [0, 0.05) is 13.1 Å². The second kappa shape index (κ2) is 4.64. The summed E-state index contributed by atoms with van der Waals surface area (Å²) in [7, 11) is 1.09. The molecular weight excluding hydrogens is 283 g/mol. The number of amides is 1. The van der Waals surface area contributed by atoms with Crippen molar-refractivity contribution in [3.63, 3.8) is 0 Å². The van der Waals surface area contributed by atoms with Gasteiger partial charge in [0.25, 0.3) is 0 Å². The number of carbonyl (C=O) groups is 3. The minimum Gasteiger partial charge on any atom is -0.481 e. The van der Waals surface area contributed by atoms with Gasteiger partial charge in [0.1, 0.15) is 0 Å². The summed E-state index contributed by atoms with van der Waals surface area (Å²) < 4.78 is 41.5. The molecule has 0 aromatic heterocycles. The second-order valence-electron chi connectivity index (χ2n) is 4.95. The quantitative estimate of drug-likeness (QED) is 0.732. The highest BCUT2D eigenvalue weighted by molar-refractivity contribution is 5.86. The van der Waals surface area contributed by atoms with Gasteiger partial charge in [-0.3, -0.25) is 14.4 Å². The fourth-order valence-corrected chi connectivity index (χ4v) is 3.14. The molecule has 20 heavy (non-hydrogen) atoms. The monoisotopic (exact) mass is 295 g/mol. The molecule has 4 atom stereocenters. The van der Waals surface area contributed by atoms with Crippen LogP contribution in [0.3, 0.4) is 0 Å². The minimum atomic E-state index is -5.00. The second-order valence-corrected chi connectivity index (χ2v) is 4.95. The lowest BCUT2D eigenvalue weighted by molar-refractivity contribution is -0.184. The Morgan fingerprint density at radius 2 is 1.65 bits per heavy atom. The van der Waals surface area contributed by atoms with Crippen molar-refractivity contribution < 1.29 is 37.4 Å². The normalized spacial score (nSPS) is 32.3. The molecule has 0 aromatic rings. The van der Waals surface area contributed by atoms with Crippen molar-refractivity contribution in [2.75, 3.05) is 20.2 Å². The molecule has 1 aliphatic carbocycles. The van der Waals surface area contributed by atoms with E-state index in [2.05, 4.69) is 4.74 Å². The Morgan fingerprint density at radius 3 is 2.05 bits per heavy atom. The third-order valence-electron chi connectivity index (χ3n) is 4.01. The van der Waals surface area contributed by atoms with Gasteiger partial charge in [-0.25, -0.2) is 0 Å². The van der Waals surface area contributed by atoms with Crippen LogP contribution >= 0.6 is 0 Å². The highest BCUT2D eigenvalue weighted by Crippen LogP contribution is 2.51. The Hall–Kier alpha value is -1.80. The zero-order valence-corrected chi connectivity index (χ0v) is 10.4. The number of alkyl halides is 3. The van der Waals surface area contributed by atoms with Crippen molar-refractivity contribution in [1.82, 2.24) is 4.90 Å². The number of carbonyl (C=O) groups excluding carboxylic acids is 2. The number of carboxylic acids is 1. The number of esters is 1. The lowest BCUT2D eigenvalue weighted by Crippen LogP contribution is -2.53. The number of halogens is 3. The number of rotatable bonds is 2. The molecule has 1 N–H and O–H groups in total. The lowest BCUT2D eigenvalue weighted by atomic mass is 9.58. The van der Waals surface area contributed by atoms with Crippen LogP contribution in [-0.4, -0.2) is 54.2 Å². The number of aliphatic carboxylic acids is 1.